The van der Waals surface area contributed by atoms with Crippen molar-refractivity contribution >= 4 is 11.9 Å². The number of ketones is 1. The Labute approximate surface area is 148 Å². The van der Waals surface area contributed by atoms with E-state index in [0.717, 1.165) is 0 Å². The lowest BCUT2D eigenvalue weighted by Crippen LogP contribution is -2.34. The van der Waals surface area contributed by atoms with Crippen molar-refractivity contribution in [3.63, 3.8) is 0 Å². The summed E-state index contributed by atoms with van der Waals surface area (Å²) in [5.41, 5.74) is 0.659. The van der Waals surface area contributed by atoms with E-state index in [2.05, 4.69) is 5.32 Å². The van der Waals surface area contributed by atoms with Gasteiger partial charge in [0.05, 0.1) is 6.54 Å². The first kappa shape index (κ1) is 18.5. The molecule has 0 unspecified atom stereocenters. The fourth-order valence-corrected chi connectivity index (χ4v) is 2.12. The molecular formula is C20H23NO4. The van der Waals surface area contributed by atoms with Crippen LogP contribution in [0.15, 0.2) is 54.6 Å². The molecule has 0 heterocycles. The van der Waals surface area contributed by atoms with E-state index in [-0.39, 0.29) is 12.4 Å². The standard InChI is InChI=1S/C20H23NO4/c1-20(2,3)25-19(23)21-12-13-24-17-11-7-10-16(14-17)18(22)15-8-5-4-6-9-15/h4-11,14H,12-13H2,1-3H3,(H,21,23). The lowest BCUT2D eigenvalue weighted by molar-refractivity contribution is 0.0520. The quantitative estimate of drug-likeness (QED) is 0.641. The Bertz CT molecular complexity index is 720. The van der Waals surface area contributed by atoms with Gasteiger partial charge in [-0.25, -0.2) is 4.79 Å². The van der Waals surface area contributed by atoms with Gasteiger partial charge < -0.3 is 14.8 Å². The summed E-state index contributed by atoms with van der Waals surface area (Å²) in [5, 5.41) is 2.62. The number of hydrogen-bond acceptors (Lipinski definition) is 4. The molecule has 0 spiro atoms. The summed E-state index contributed by atoms with van der Waals surface area (Å²) in [6.07, 6.45) is -0.482. The van der Waals surface area contributed by atoms with Gasteiger partial charge in [-0.1, -0.05) is 42.5 Å². The summed E-state index contributed by atoms with van der Waals surface area (Å²) < 4.78 is 10.7. The molecule has 0 aliphatic rings. The molecule has 2 rings (SSSR count). The minimum Gasteiger partial charge on any atom is -0.492 e. The van der Waals surface area contributed by atoms with Crippen LogP contribution in [0.5, 0.6) is 5.75 Å². The Morgan fingerprint density at radius 2 is 1.64 bits per heavy atom. The highest BCUT2D eigenvalue weighted by Crippen LogP contribution is 2.16. The molecule has 5 heteroatoms. The van der Waals surface area contributed by atoms with Crippen molar-refractivity contribution < 1.29 is 19.1 Å². The minimum absolute atomic E-state index is 0.0575. The maximum Gasteiger partial charge on any atom is 0.407 e. The molecule has 0 atom stereocenters. The zero-order chi connectivity index (χ0) is 18.3. The number of nitrogens with one attached hydrogen (secondary N) is 1. The molecule has 25 heavy (non-hydrogen) atoms. The van der Waals surface area contributed by atoms with Crippen LogP contribution in [0.3, 0.4) is 0 Å². The van der Waals surface area contributed by atoms with Gasteiger partial charge in [-0.15, -0.1) is 0 Å². The van der Waals surface area contributed by atoms with Gasteiger partial charge in [0.2, 0.25) is 0 Å². The second-order valence-electron chi connectivity index (χ2n) is 6.50. The maximum atomic E-state index is 12.4. The van der Waals surface area contributed by atoms with Gasteiger partial charge in [0.25, 0.3) is 0 Å². The predicted octanol–water partition coefficient (Wildman–Crippen LogP) is 3.82. The predicted molar refractivity (Wildman–Crippen MR) is 96.0 cm³/mol. The molecule has 0 bridgehead atoms. The van der Waals surface area contributed by atoms with Gasteiger partial charge in [0, 0.05) is 11.1 Å². The number of benzene rings is 2. The summed E-state index contributed by atoms with van der Waals surface area (Å²) in [5.74, 6) is 0.519. The summed E-state index contributed by atoms with van der Waals surface area (Å²) in [7, 11) is 0. The Morgan fingerprint density at radius 1 is 0.960 bits per heavy atom. The molecule has 0 aliphatic heterocycles. The van der Waals surface area contributed by atoms with E-state index in [1.54, 1.807) is 57.2 Å². The molecule has 0 saturated heterocycles. The van der Waals surface area contributed by atoms with E-state index < -0.39 is 11.7 Å². The highest BCUT2D eigenvalue weighted by atomic mass is 16.6. The van der Waals surface area contributed by atoms with Gasteiger partial charge >= 0.3 is 6.09 Å². The molecule has 0 radical (unpaired) electrons. The van der Waals surface area contributed by atoms with Crippen molar-refractivity contribution in [3.8, 4) is 5.75 Å². The van der Waals surface area contributed by atoms with Crippen LogP contribution in [0, 0.1) is 0 Å². The van der Waals surface area contributed by atoms with Gasteiger partial charge in [-0.3, -0.25) is 4.79 Å². The van der Waals surface area contributed by atoms with Crippen LogP contribution < -0.4 is 10.1 Å². The van der Waals surface area contributed by atoms with E-state index in [0.29, 0.717) is 23.4 Å². The smallest absolute Gasteiger partial charge is 0.407 e. The van der Waals surface area contributed by atoms with Crippen molar-refractivity contribution in [2.45, 2.75) is 26.4 Å². The van der Waals surface area contributed by atoms with Gasteiger partial charge in [0.15, 0.2) is 5.78 Å². The highest BCUT2D eigenvalue weighted by Gasteiger charge is 2.15. The molecule has 0 saturated carbocycles. The van der Waals surface area contributed by atoms with Crippen molar-refractivity contribution in [2.75, 3.05) is 13.2 Å². The zero-order valence-electron chi connectivity index (χ0n) is 14.7. The molecule has 0 aromatic heterocycles. The molecular weight excluding hydrogens is 318 g/mol. The highest BCUT2D eigenvalue weighted by molar-refractivity contribution is 6.09. The van der Waals surface area contributed by atoms with Crippen LogP contribution in [0.1, 0.15) is 36.7 Å². The van der Waals surface area contributed by atoms with Crippen LogP contribution >= 0.6 is 0 Å². The lowest BCUT2D eigenvalue weighted by atomic mass is 10.0. The third-order valence-electron chi connectivity index (χ3n) is 3.17. The van der Waals surface area contributed by atoms with Crippen LogP contribution in [-0.2, 0) is 4.74 Å². The van der Waals surface area contributed by atoms with Crippen molar-refractivity contribution in [1.82, 2.24) is 5.32 Å². The number of alkyl carbamates (subject to hydrolysis) is 1. The normalized spacial score (nSPS) is 10.8. The molecule has 1 N–H and O–H groups in total. The molecule has 2 aromatic carbocycles. The Hall–Kier alpha value is -2.82. The summed E-state index contributed by atoms with van der Waals surface area (Å²) in [6, 6.07) is 16.1. The van der Waals surface area contributed by atoms with Crippen LogP contribution in [0.25, 0.3) is 0 Å². The topological polar surface area (TPSA) is 64.6 Å². The number of carbonyl (C=O) groups excluding carboxylic acids is 2. The average Bonchev–Trinajstić information content (AvgIpc) is 2.57. The molecule has 1 amide bonds. The fraction of sp³-hybridized carbons (Fsp3) is 0.300. The first-order valence-electron chi connectivity index (χ1n) is 8.14. The second kappa shape index (κ2) is 8.33. The third-order valence-corrected chi connectivity index (χ3v) is 3.17. The van der Waals surface area contributed by atoms with Gasteiger partial charge in [0.1, 0.15) is 18.0 Å². The number of ether oxygens (including phenoxy) is 2. The molecule has 5 nitrogen and oxygen atoms in total. The average molecular weight is 341 g/mol. The fourth-order valence-electron chi connectivity index (χ4n) is 2.12. The number of hydrogen-bond donors (Lipinski definition) is 1. The Kier molecular flexibility index (Phi) is 6.17. The van der Waals surface area contributed by atoms with Crippen molar-refractivity contribution in [3.05, 3.63) is 65.7 Å². The van der Waals surface area contributed by atoms with Crippen molar-refractivity contribution in [1.29, 1.82) is 0 Å². The Morgan fingerprint density at radius 3 is 2.32 bits per heavy atom. The first-order valence-corrected chi connectivity index (χ1v) is 8.14. The van der Waals surface area contributed by atoms with E-state index in [1.807, 2.05) is 18.2 Å². The second-order valence-corrected chi connectivity index (χ2v) is 6.50. The monoisotopic (exact) mass is 341 g/mol. The van der Waals surface area contributed by atoms with Crippen molar-refractivity contribution in [2.24, 2.45) is 0 Å². The van der Waals surface area contributed by atoms with E-state index >= 15 is 0 Å². The molecule has 0 aliphatic carbocycles. The number of carbonyl (C=O) groups is 2. The van der Waals surface area contributed by atoms with Gasteiger partial charge in [-0.2, -0.15) is 0 Å². The minimum atomic E-state index is -0.531. The molecule has 132 valence electrons. The molecule has 2 aromatic rings. The SMILES string of the molecule is CC(C)(C)OC(=O)NCCOc1cccc(C(=O)c2ccccc2)c1. The molecule has 0 fully saturated rings. The summed E-state index contributed by atoms with van der Waals surface area (Å²) >= 11 is 0. The first-order chi connectivity index (χ1) is 11.8. The maximum absolute atomic E-state index is 12.4. The largest absolute Gasteiger partial charge is 0.492 e. The van der Waals surface area contributed by atoms with Crippen LogP contribution in [-0.4, -0.2) is 30.6 Å². The Balaban J connectivity index is 1.86. The number of rotatable bonds is 6. The lowest BCUT2D eigenvalue weighted by Gasteiger charge is -2.19. The van der Waals surface area contributed by atoms with Gasteiger partial charge in [-0.05, 0) is 32.9 Å². The summed E-state index contributed by atoms with van der Waals surface area (Å²) in [4.78, 5) is 24.0. The van der Waals surface area contributed by atoms with E-state index in [4.69, 9.17) is 9.47 Å². The zero-order valence-corrected chi connectivity index (χ0v) is 14.7. The van der Waals surface area contributed by atoms with E-state index in [9.17, 15) is 9.59 Å². The van der Waals surface area contributed by atoms with Crippen LogP contribution in [0.4, 0.5) is 4.79 Å². The summed E-state index contributed by atoms with van der Waals surface area (Å²) in [6.45, 7) is 6.00. The third kappa shape index (κ3) is 6.30. The van der Waals surface area contributed by atoms with E-state index in [1.165, 1.54) is 0 Å². The van der Waals surface area contributed by atoms with Crippen LogP contribution in [0.2, 0.25) is 0 Å². The number of amides is 1.